The summed E-state index contributed by atoms with van der Waals surface area (Å²) in [6, 6.07) is 5.44. The fourth-order valence-electron chi connectivity index (χ4n) is 3.90. The molecule has 202 valence electrons. The molecule has 0 radical (unpaired) electrons. The Morgan fingerprint density at radius 2 is 1.84 bits per heavy atom. The highest BCUT2D eigenvalue weighted by atomic mass is 32.1. The van der Waals surface area contributed by atoms with Crippen molar-refractivity contribution in [2.45, 2.75) is 52.7 Å². The molecule has 1 aromatic carbocycles. The summed E-state index contributed by atoms with van der Waals surface area (Å²) in [6.07, 6.45) is -0.743. The minimum absolute atomic E-state index is 0.0135. The molecule has 12 heteroatoms. The molecule has 1 aliphatic heterocycles. The monoisotopic (exact) mass is 534 g/mol. The average Bonchev–Trinajstić information content (AvgIpc) is 3.22. The minimum Gasteiger partial charge on any atom is -0.493 e. The van der Waals surface area contributed by atoms with Crippen LogP contribution >= 0.6 is 11.3 Å². The Balaban J connectivity index is 1.59. The molecule has 3 rings (SSSR count). The van der Waals surface area contributed by atoms with Gasteiger partial charge in [0.1, 0.15) is 5.75 Å². The van der Waals surface area contributed by atoms with E-state index in [2.05, 4.69) is 10.2 Å². The molecule has 2 aromatic rings. The van der Waals surface area contributed by atoms with Gasteiger partial charge in [-0.25, -0.2) is 14.6 Å². The van der Waals surface area contributed by atoms with E-state index in [1.807, 2.05) is 19.1 Å². The normalized spacial score (nSPS) is 13.5. The third-order valence-corrected chi connectivity index (χ3v) is 6.94. The number of piperazine rings is 1. The molecule has 0 spiro atoms. The van der Waals surface area contributed by atoms with E-state index in [0.29, 0.717) is 51.4 Å². The van der Waals surface area contributed by atoms with Gasteiger partial charge in [-0.3, -0.25) is 4.79 Å². The summed E-state index contributed by atoms with van der Waals surface area (Å²) in [5.41, 5.74) is 2.53. The van der Waals surface area contributed by atoms with Crippen LogP contribution in [-0.4, -0.2) is 77.1 Å². The fourth-order valence-corrected chi connectivity index (χ4v) is 4.91. The number of aromatic nitrogens is 1. The first-order chi connectivity index (χ1) is 17.6. The van der Waals surface area contributed by atoms with Crippen molar-refractivity contribution in [3.63, 3.8) is 0 Å². The number of amides is 2. The summed E-state index contributed by atoms with van der Waals surface area (Å²) in [6.45, 7) is 8.28. The Labute approximate surface area is 220 Å². The Bertz CT molecular complexity index is 1100. The van der Waals surface area contributed by atoms with Crippen molar-refractivity contribution in [2.24, 2.45) is 0 Å². The highest BCUT2D eigenvalue weighted by molar-refractivity contribution is 7.15. The number of aryl methyl sites for hydroxylation is 2. The number of hydrogen-bond donors (Lipinski definition) is 3. The number of benzene rings is 1. The molecule has 1 aromatic heterocycles. The quantitative estimate of drug-likeness (QED) is 0.395. The van der Waals surface area contributed by atoms with E-state index in [1.165, 1.54) is 4.90 Å². The van der Waals surface area contributed by atoms with Gasteiger partial charge in [0.15, 0.2) is 5.13 Å². The van der Waals surface area contributed by atoms with E-state index in [1.54, 1.807) is 31.3 Å². The van der Waals surface area contributed by atoms with Crippen molar-refractivity contribution >= 4 is 34.6 Å². The zero-order chi connectivity index (χ0) is 26.9. The largest absolute Gasteiger partial charge is 0.493 e. The second-order valence-electron chi connectivity index (χ2n) is 8.99. The maximum Gasteiger partial charge on any atom is 0.407 e. The molecule has 37 heavy (non-hydrogen) atoms. The first kappa shape index (κ1) is 28.0. The number of ether oxygens (including phenoxy) is 2. The van der Waals surface area contributed by atoms with Gasteiger partial charge in [0.05, 0.1) is 18.4 Å². The number of carboxylic acids is 1. The molecule has 0 aliphatic carbocycles. The predicted molar refractivity (Wildman–Crippen MR) is 139 cm³/mol. The van der Waals surface area contributed by atoms with Gasteiger partial charge in [0.2, 0.25) is 0 Å². The molecule has 3 N–H and O–H groups in total. The van der Waals surface area contributed by atoms with Crippen LogP contribution in [0.2, 0.25) is 0 Å². The van der Waals surface area contributed by atoms with Gasteiger partial charge in [0.25, 0.3) is 0 Å². The van der Waals surface area contributed by atoms with Gasteiger partial charge >= 0.3 is 18.2 Å². The molecule has 1 aliphatic rings. The zero-order valence-corrected chi connectivity index (χ0v) is 22.2. The number of aliphatic carboxylic acids is 1. The van der Waals surface area contributed by atoms with Crippen molar-refractivity contribution in [1.29, 1.82) is 0 Å². The number of alkyl carbamates (subject to hydrolysis) is 1. The third-order valence-electron chi connectivity index (χ3n) is 5.86. The maximum absolute atomic E-state index is 11.9. The number of rotatable bonds is 11. The Kier molecular flexibility index (Phi) is 9.95. The van der Waals surface area contributed by atoms with Crippen molar-refractivity contribution in [3.8, 4) is 5.75 Å². The van der Waals surface area contributed by atoms with Gasteiger partial charge in [-0.15, -0.1) is 11.3 Å². The summed E-state index contributed by atoms with van der Waals surface area (Å²) in [5, 5.41) is 21.8. The fraction of sp³-hybridized carbons (Fsp3) is 0.520. The second kappa shape index (κ2) is 13.1. The van der Waals surface area contributed by atoms with Crippen LogP contribution in [-0.2, 0) is 28.9 Å². The summed E-state index contributed by atoms with van der Waals surface area (Å²) in [4.78, 5) is 43.5. The molecule has 1 fully saturated rings. The molecule has 2 heterocycles. The Morgan fingerprint density at radius 1 is 1.11 bits per heavy atom. The number of anilines is 1. The maximum atomic E-state index is 11.9. The number of nitrogens with one attached hydrogen (secondary N) is 1. The summed E-state index contributed by atoms with van der Waals surface area (Å²) >= 11 is 1.60. The summed E-state index contributed by atoms with van der Waals surface area (Å²) < 4.78 is 11.1. The SMILES string of the molecule is Cc1sc(N2CCN(C(=O)O)CC2)nc1CCOc1ccc(CCC(=O)O)c(CNC(=O)OC(C)C)c1. The first-order valence-corrected chi connectivity index (χ1v) is 13.0. The first-order valence-electron chi connectivity index (χ1n) is 12.2. The highest BCUT2D eigenvalue weighted by Crippen LogP contribution is 2.27. The van der Waals surface area contributed by atoms with Gasteiger partial charge in [-0.2, -0.15) is 0 Å². The van der Waals surface area contributed by atoms with Crippen LogP contribution < -0.4 is 15.0 Å². The van der Waals surface area contributed by atoms with Crippen LogP contribution in [0.25, 0.3) is 0 Å². The smallest absolute Gasteiger partial charge is 0.407 e. The van der Waals surface area contributed by atoms with Crippen LogP contribution in [0.3, 0.4) is 0 Å². The van der Waals surface area contributed by atoms with E-state index in [4.69, 9.17) is 24.7 Å². The molecule has 11 nitrogen and oxygen atoms in total. The Morgan fingerprint density at radius 3 is 2.49 bits per heavy atom. The third kappa shape index (κ3) is 8.52. The van der Waals surface area contributed by atoms with Gasteiger partial charge in [-0.05, 0) is 50.5 Å². The standard InChI is InChI=1S/C25H34N4O7S/c1-16(2)36-24(32)26-15-19-14-20(6-4-18(19)5-7-22(30)31)35-13-8-21-17(3)37-23(27-21)28-9-11-29(12-10-28)25(33)34/h4,6,14,16H,5,7-13,15H2,1-3H3,(H,26,32)(H,30,31)(H,33,34). The number of carbonyl (C=O) groups excluding carboxylic acids is 1. The average molecular weight is 535 g/mol. The van der Waals surface area contributed by atoms with Crippen molar-refractivity contribution in [2.75, 3.05) is 37.7 Å². The van der Waals surface area contributed by atoms with Gasteiger partial charge in [0, 0.05) is 50.4 Å². The second-order valence-corrected chi connectivity index (χ2v) is 10.2. The molecule has 1 saturated heterocycles. The molecule has 0 saturated carbocycles. The number of carboxylic acid groups (broad SMARTS) is 2. The number of carbonyl (C=O) groups is 3. The number of nitrogens with zero attached hydrogens (tertiary/aromatic N) is 3. The lowest BCUT2D eigenvalue weighted by Crippen LogP contribution is -2.48. The van der Waals surface area contributed by atoms with Crippen LogP contribution in [0.15, 0.2) is 18.2 Å². The molecule has 2 amide bonds. The number of hydrogen-bond acceptors (Lipinski definition) is 8. The lowest BCUT2D eigenvalue weighted by Gasteiger charge is -2.32. The number of thiazole rings is 1. The van der Waals surface area contributed by atoms with Gasteiger partial charge in [-0.1, -0.05) is 6.07 Å². The predicted octanol–water partition coefficient (Wildman–Crippen LogP) is 3.52. The van der Waals surface area contributed by atoms with Crippen LogP contribution in [0.4, 0.5) is 14.7 Å². The lowest BCUT2D eigenvalue weighted by atomic mass is 10.0. The summed E-state index contributed by atoms with van der Waals surface area (Å²) in [7, 11) is 0. The highest BCUT2D eigenvalue weighted by Gasteiger charge is 2.23. The van der Waals surface area contributed by atoms with E-state index in [9.17, 15) is 14.4 Å². The van der Waals surface area contributed by atoms with Crippen LogP contribution in [0, 0.1) is 6.92 Å². The van der Waals surface area contributed by atoms with E-state index in [0.717, 1.165) is 26.8 Å². The van der Waals surface area contributed by atoms with Crippen molar-refractivity contribution in [1.82, 2.24) is 15.2 Å². The molecule has 0 atom stereocenters. The van der Waals surface area contributed by atoms with Crippen LogP contribution in [0.5, 0.6) is 5.75 Å². The molecular formula is C25H34N4O7S. The minimum atomic E-state index is -0.892. The van der Waals surface area contributed by atoms with Crippen LogP contribution in [0.1, 0.15) is 42.0 Å². The molecule has 0 unspecified atom stereocenters. The van der Waals surface area contributed by atoms with E-state index in [-0.39, 0.29) is 19.1 Å². The zero-order valence-electron chi connectivity index (χ0n) is 21.4. The van der Waals surface area contributed by atoms with E-state index >= 15 is 0 Å². The van der Waals surface area contributed by atoms with Crippen molar-refractivity contribution < 1.29 is 34.1 Å². The molecule has 0 bridgehead atoms. The van der Waals surface area contributed by atoms with E-state index < -0.39 is 18.2 Å². The Hall–Kier alpha value is -3.54. The van der Waals surface area contributed by atoms with Crippen molar-refractivity contribution in [3.05, 3.63) is 39.9 Å². The van der Waals surface area contributed by atoms with Gasteiger partial charge < -0.3 is 34.8 Å². The summed E-state index contributed by atoms with van der Waals surface area (Å²) in [5.74, 6) is -0.272. The molecular weight excluding hydrogens is 500 g/mol. The lowest BCUT2D eigenvalue weighted by molar-refractivity contribution is -0.136. The topological polar surface area (TPSA) is 142 Å².